The van der Waals surface area contributed by atoms with Crippen LogP contribution >= 0.6 is 0 Å². The third-order valence-electron chi connectivity index (χ3n) is 5.73. The highest BCUT2D eigenvalue weighted by Crippen LogP contribution is 2.31. The van der Waals surface area contributed by atoms with Crippen LogP contribution in [-0.2, 0) is 23.7 Å². The van der Waals surface area contributed by atoms with E-state index in [0.29, 0.717) is 0 Å². The molecule has 0 N–H and O–H groups in total. The lowest BCUT2D eigenvalue weighted by atomic mass is 9.98. The molecular weight excluding hydrogens is 483 g/mol. The standard InChI is InChI=1S/C28H25FO8/c1-33-28-24(37-27(32)20-15-9-4-10-16-20)23(36-26(31)19-13-7-3-8-14-19)22(21(17-29)34-28)35-25(30)18-11-5-2-6-12-18/h2-16,21-24,28H,17H2,1H3/t21-,22-,23+,24-,28-/m1/s1. The lowest BCUT2D eigenvalue weighted by Gasteiger charge is -2.43. The number of halogens is 1. The molecule has 37 heavy (non-hydrogen) atoms. The molecule has 3 aromatic carbocycles. The van der Waals surface area contributed by atoms with Crippen LogP contribution in [-0.4, -0.2) is 62.4 Å². The minimum atomic E-state index is -1.45. The largest absolute Gasteiger partial charge is 0.452 e. The molecule has 9 heteroatoms. The van der Waals surface area contributed by atoms with Gasteiger partial charge < -0.3 is 23.7 Å². The molecule has 0 amide bonds. The predicted molar refractivity (Wildman–Crippen MR) is 129 cm³/mol. The molecule has 0 unspecified atom stereocenters. The molecule has 1 saturated heterocycles. The molecule has 0 bridgehead atoms. The van der Waals surface area contributed by atoms with Gasteiger partial charge in [-0.2, -0.15) is 0 Å². The molecule has 192 valence electrons. The highest BCUT2D eigenvalue weighted by molar-refractivity contribution is 5.91. The second kappa shape index (κ2) is 12.2. The number of esters is 3. The molecule has 1 heterocycles. The molecule has 4 rings (SSSR count). The monoisotopic (exact) mass is 508 g/mol. The van der Waals surface area contributed by atoms with Gasteiger partial charge in [0.15, 0.2) is 24.6 Å². The Hall–Kier alpha value is -4.08. The van der Waals surface area contributed by atoms with Gasteiger partial charge >= 0.3 is 17.9 Å². The maximum atomic E-state index is 14.2. The molecule has 0 radical (unpaired) electrons. The van der Waals surface area contributed by atoms with Gasteiger partial charge in [-0.15, -0.1) is 0 Å². The fraction of sp³-hybridized carbons (Fsp3) is 0.250. The summed E-state index contributed by atoms with van der Waals surface area (Å²) in [4.78, 5) is 38.8. The zero-order valence-electron chi connectivity index (χ0n) is 19.9. The van der Waals surface area contributed by atoms with Gasteiger partial charge in [0.1, 0.15) is 12.8 Å². The van der Waals surface area contributed by atoms with E-state index in [1.54, 1.807) is 54.6 Å². The van der Waals surface area contributed by atoms with Crippen LogP contribution in [0.25, 0.3) is 0 Å². The van der Waals surface area contributed by atoms with Crippen molar-refractivity contribution in [3.8, 4) is 0 Å². The number of carbonyl (C=O) groups is 3. The van der Waals surface area contributed by atoms with Crippen LogP contribution in [0.5, 0.6) is 0 Å². The first-order chi connectivity index (χ1) is 18.0. The Morgan fingerprint density at radius 1 is 0.649 bits per heavy atom. The Labute approximate surface area is 212 Å². The number of rotatable bonds is 8. The molecule has 0 aliphatic carbocycles. The van der Waals surface area contributed by atoms with Crippen molar-refractivity contribution in [1.82, 2.24) is 0 Å². The smallest absolute Gasteiger partial charge is 0.338 e. The number of benzene rings is 3. The Kier molecular flexibility index (Phi) is 8.60. The van der Waals surface area contributed by atoms with Crippen molar-refractivity contribution in [2.24, 2.45) is 0 Å². The van der Waals surface area contributed by atoms with Crippen molar-refractivity contribution in [3.05, 3.63) is 108 Å². The normalized spacial score (nSPS) is 23.0. The molecule has 0 aromatic heterocycles. The van der Waals surface area contributed by atoms with Crippen LogP contribution in [0.2, 0.25) is 0 Å². The lowest BCUT2D eigenvalue weighted by molar-refractivity contribution is -0.289. The molecule has 1 aliphatic rings. The summed E-state index contributed by atoms with van der Waals surface area (Å²) >= 11 is 0. The predicted octanol–water partition coefficient (Wildman–Crippen LogP) is 4.00. The van der Waals surface area contributed by atoms with Crippen LogP contribution in [0.3, 0.4) is 0 Å². The van der Waals surface area contributed by atoms with Gasteiger partial charge in [-0.25, -0.2) is 18.8 Å². The number of alkyl halides is 1. The van der Waals surface area contributed by atoms with E-state index >= 15 is 0 Å². The molecule has 8 nitrogen and oxygen atoms in total. The van der Waals surface area contributed by atoms with Crippen molar-refractivity contribution in [2.45, 2.75) is 30.7 Å². The van der Waals surface area contributed by atoms with Gasteiger partial charge in [-0.1, -0.05) is 54.6 Å². The van der Waals surface area contributed by atoms with Crippen LogP contribution < -0.4 is 0 Å². The Bertz CT molecular complexity index is 1120. The summed E-state index contributed by atoms with van der Waals surface area (Å²) in [5.41, 5.74) is 0.608. The third kappa shape index (κ3) is 6.19. The van der Waals surface area contributed by atoms with E-state index in [9.17, 15) is 18.8 Å². The second-order valence-corrected chi connectivity index (χ2v) is 8.14. The molecule has 5 atom stereocenters. The van der Waals surface area contributed by atoms with Crippen molar-refractivity contribution in [3.63, 3.8) is 0 Å². The van der Waals surface area contributed by atoms with Gasteiger partial charge in [0, 0.05) is 7.11 Å². The van der Waals surface area contributed by atoms with Crippen molar-refractivity contribution in [1.29, 1.82) is 0 Å². The fourth-order valence-electron chi connectivity index (χ4n) is 3.89. The number of hydrogen-bond donors (Lipinski definition) is 0. The van der Waals surface area contributed by atoms with Gasteiger partial charge in [0.25, 0.3) is 0 Å². The van der Waals surface area contributed by atoms with Gasteiger partial charge in [0.05, 0.1) is 16.7 Å². The van der Waals surface area contributed by atoms with E-state index in [1.165, 1.54) is 43.5 Å². The summed E-state index contributed by atoms with van der Waals surface area (Å²) in [6, 6.07) is 24.2. The zero-order chi connectivity index (χ0) is 26.2. The summed E-state index contributed by atoms with van der Waals surface area (Å²) in [5, 5.41) is 0. The summed E-state index contributed by atoms with van der Waals surface area (Å²) in [7, 11) is 1.27. The molecule has 0 spiro atoms. The quantitative estimate of drug-likeness (QED) is 0.333. The second-order valence-electron chi connectivity index (χ2n) is 8.14. The van der Waals surface area contributed by atoms with E-state index in [0.717, 1.165) is 0 Å². The van der Waals surface area contributed by atoms with Gasteiger partial charge in [0.2, 0.25) is 0 Å². The number of carbonyl (C=O) groups excluding carboxylic acids is 3. The highest BCUT2D eigenvalue weighted by Gasteiger charge is 2.53. The van der Waals surface area contributed by atoms with E-state index in [1.807, 2.05) is 0 Å². The maximum Gasteiger partial charge on any atom is 0.338 e. The Morgan fingerprint density at radius 2 is 1.03 bits per heavy atom. The lowest BCUT2D eigenvalue weighted by Crippen LogP contribution is -2.62. The first kappa shape index (κ1) is 26.0. The van der Waals surface area contributed by atoms with Crippen LogP contribution in [0.15, 0.2) is 91.0 Å². The van der Waals surface area contributed by atoms with Crippen molar-refractivity contribution >= 4 is 17.9 Å². The summed E-state index contributed by atoms with van der Waals surface area (Å²) < 4.78 is 42.1. The topological polar surface area (TPSA) is 97.4 Å². The molecule has 1 fully saturated rings. The van der Waals surface area contributed by atoms with Crippen LogP contribution in [0, 0.1) is 0 Å². The van der Waals surface area contributed by atoms with E-state index in [4.69, 9.17) is 23.7 Å². The summed E-state index contributed by atoms with van der Waals surface area (Å²) in [5.74, 6) is -2.34. The Morgan fingerprint density at radius 3 is 1.41 bits per heavy atom. The molecule has 0 saturated carbocycles. The van der Waals surface area contributed by atoms with Crippen molar-refractivity contribution in [2.75, 3.05) is 13.8 Å². The zero-order valence-corrected chi connectivity index (χ0v) is 19.9. The average Bonchev–Trinajstić information content (AvgIpc) is 2.95. The first-order valence-electron chi connectivity index (χ1n) is 11.5. The minimum absolute atomic E-state index is 0.194. The average molecular weight is 508 g/mol. The Balaban J connectivity index is 1.69. The molecular formula is C28H25FO8. The van der Waals surface area contributed by atoms with Crippen LogP contribution in [0.4, 0.5) is 4.39 Å². The number of methoxy groups -OCH3 is 1. The SMILES string of the molecule is CO[C@@H]1O[C@H](CF)[C@@H](OC(=O)c2ccccc2)[C@H](OC(=O)c2ccccc2)[C@H]1OC(=O)c1ccccc1. The minimum Gasteiger partial charge on any atom is -0.452 e. The van der Waals surface area contributed by atoms with E-state index in [2.05, 4.69) is 0 Å². The number of ether oxygens (including phenoxy) is 5. The first-order valence-corrected chi connectivity index (χ1v) is 11.5. The fourth-order valence-corrected chi connectivity index (χ4v) is 3.89. The van der Waals surface area contributed by atoms with Crippen molar-refractivity contribution < 1.29 is 42.5 Å². The third-order valence-corrected chi connectivity index (χ3v) is 5.73. The van der Waals surface area contributed by atoms with E-state index in [-0.39, 0.29) is 16.7 Å². The summed E-state index contributed by atoms with van der Waals surface area (Å²) in [6.07, 6.45) is -6.97. The van der Waals surface area contributed by atoms with Crippen LogP contribution in [0.1, 0.15) is 31.1 Å². The maximum absolute atomic E-state index is 14.2. The van der Waals surface area contributed by atoms with E-state index < -0.39 is 55.3 Å². The molecule has 1 aliphatic heterocycles. The van der Waals surface area contributed by atoms with Gasteiger partial charge in [-0.3, -0.25) is 0 Å². The molecule has 3 aromatic rings. The van der Waals surface area contributed by atoms with Gasteiger partial charge in [-0.05, 0) is 36.4 Å². The highest BCUT2D eigenvalue weighted by atomic mass is 19.1. The summed E-state index contributed by atoms with van der Waals surface area (Å²) in [6.45, 7) is -1.09. The number of hydrogen-bond acceptors (Lipinski definition) is 8.